The molecule has 2 aromatic rings. The normalized spacial score (nSPS) is 16.5. The van der Waals surface area contributed by atoms with Crippen LogP contribution in [0.15, 0.2) is 24.5 Å². The van der Waals surface area contributed by atoms with Crippen LogP contribution in [0.3, 0.4) is 0 Å². The maximum absolute atomic E-state index is 13.0. The number of amides is 2. The van der Waals surface area contributed by atoms with E-state index in [1.54, 1.807) is 22.9 Å². The lowest BCUT2D eigenvalue weighted by Gasteiger charge is -2.24. The number of halogens is 1. The molecule has 1 aliphatic heterocycles. The molecule has 27 heavy (non-hydrogen) atoms. The highest BCUT2D eigenvalue weighted by atomic mass is 19.1. The summed E-state index contributed by atoms with van der Waals surface area (Å²) >= 11 is 0. The zero-order chi connectivity index (χ0) is 19.2. The second kappa shape index (κ2) is 8.67. The molecule has 0 bridgehead atoms. The number of nitrogens with zero attached hydrogens (tertiary/aromatic N) is 5. The largest absolute Gasteiger partial charge is 0.383 e. The van der Waals surface area contributed by atoms with Gasteiger partial charge < -0.3 is 15.0 Å². The van der Waals surface area contributed by atoms with E-state index in [2.05, 4.69) is 20.6 Å². The molecule has 1 N–H and O–H groups in total. The Balaban J connectivity index is 1.62. The smallest absolute Gasteiger partial charge is 0.273 e. The van der Waals surface area contributed by atoms with Crippen LogP contribution in [-0.4, -0.2) is 69.5 Å². The Labute approximate surface area is 155 Å². The lowest BCUT2D eigenvalue weighted by molar-refractivity contribution is 0.0714. The van der Waals surface area contributed by atoms with E-state index in [0.717, 1.165) is 19.0 Å². The van der Waals surface area contributed by atoms with Gasteiger partial charge in [-0.05, 0) is 25.0 Å². The van der Waals surface area contributed by atoms with Crippen LogP contribution in [0.4, 0.5) is 4.39 Å². The first-order valence-corrected chi connectivity index (χ1v) is 8.68. The van der Waals surface area contributed by atoms with Crippen molar-refractivity contribution in [2.24, 2.45) is 0 Å². The van der Waals surface area contributed by atoms with Gasteiger partial charge in [0, 0.05) is 20.2 Å². The van der Waals surface area contributed by atoms with Gasteiger partial charge >= 0.3 is 0 Å². The Kier molecular flexibility index (Phi) is 6.07. The number of hydrogen-bond donors (Lipinski definition) is 1. The first-order chi connectivity index (χ1) is 13.1. The second-order valence-corrected chi connectivity index (χ2v) is 6.23. The molecule has 1 fully saturated rings. The molecular formula is C17H21FN6O3. The molecule has 9 nitrogen and oxygen atoms in total. The molecule has 10 heteroatoms. The first-order valence-electron chi connectivity index (χ1n) is 8.68. The van der Waals surface area contributed by atoms with Gasteiger partial charge in [0.25, 0.3) is 11.8 Å². The highest BCUT2D eigenvalue weighted by molar-refractivity contribution is 5.92. The Morgan fingerprint density at radius 3 is 2.96 bits per heavy atom. The van der Waals surface area contributed by atoms with Crippen LogP contribution in [0, 0.1) is 5.82 Å². The summed E-state index contributed by atoms with van der Waals surface area (Å²) < 4.78 is 19.4. The van der Waals surface area contributed by atoms with E-state index in [1.807, 2.05) is 0 Å². The highest BCUT2D eigenvalue weighted by Crippen LogP contribution is 2.21. The van der Waals surface area contributed by atoms with Crippen molar-refractivity contribution in [2.45, 2.75) is 25.4 Å². The Morgan fingerprint density at radius 2 is 2.22 bits per heavy atom. The van der Waals surface area contributed by atoms with Gasteiger partial charge in [0.15, 0.2) is 5.69 Å². The summed E-state index contributed by atoms with van der Waals surface area (Å²) in [5.74, 6) is -1.05. The Bertz CT molecular complexity index is 794. The van der Waals surface area contributed by atoms with Crippen LogP contribution in [0.5, 0.6) is 0 Å². The minimum atomic E-state index is -0.483. The van der Waals surface area contributed by atoms with Crippen molar-refractivity contribution in [1.29, 1.82) is 0 Å². The average molecular weight is 376 g/mol. The summed E-state index contributed by atoms with van der Waals surface area (Å²) in [7, 11) is 1.55. The molecule has 0 radical (unpaired) electrons. The van der Waals surface area contributed by atoms with E-state index >= 15 is 0 Å². The van der Waals surface area contributed by atoms with Crippen molar-refractivity contribution in [3.8, 4) is 0 Å². The van der Waals surface area contributed by atoms with Crippen LogP contribution in [0.2, 0.25) is 0 Å². The fraction of sp³-hybridized carbons (Fsp3) is 0.471. The minimum absolute atomic E-state index is 0.0875. The van der Waals surface area contributed by atoms with Crippen LogP contribution in [-0.2, 0) is 11.3 Å². The van der Waals surface area contributed by atoms with E-state index in [4.69, 9.17) is 4.74 Å². The molecule has 3 heterocycles. The van der Waals surface area contributed by atoms with Crippen LogP contribution < -0.4 is 5.32 Å². The number of pyridine rings is 1. The van der Waals surface area contributed by atoms with Gasteiger partial charge in [-0.1, -0.05) is 5.21 Å². The van der Waals surface area contributed by atoms with E-state index in [0.29, 0.717) is 26.2 Å². The molecule has 1 atom stereocenters. The van der Waals surface area contributed by atoms with Crippen LogP contribution in [0.1, 0.15) is 33.8 Å². The third-order valence-electron chi connectivity index (χ3n) is 4.35. The molecule has 0 aromatic carbocycles. The molecule has 3 rings (SSSR count). The second-order valence-electron chi connectivity index (χ2n) is 6.23. The van der Waals surface area contributed by atoms with Crippen molar-refractivity contribution in [2.75, 3.05) is 26.8 Å². The number of carbonyl (C=O) groups excluding carboxylic acids is 2. The number of rotatable bonds is 7. The maximum Gasteiger partial charge on any atom is 0.273 e. The summed E-state index contributed by atoms with van der Waals surface area (Å²) in [6, 6.07) is 2.51. The number of likely N-dealkylation sites (tertiary alicyclic amines) is 1. The van der Waals surface area contributed by atoms with Gasteiger partial charge in [-0.2, -0.15) is 0 Å². The summed E-state index contributed by atoms with van der Waals surface area (Å²) in [6.07, 6.45) is 4.25. The summed E-state index contributed by atoms with van der Waals surface area (Å²) in [4.78, 5) is 30.2. The monoisotopic (exact) mass is 376 g/mol. The molecule has 0 unspecified atom stereocenters. The Hall–Kier alpha value is -2.88. The van der Waals surface area contributed by atoms with Gasteiger partial charge in [-0.25, -0.2) is 14.1 Å². The molecular weight excluding hydrogens is 355 g/mol. The van der Waals surface area contributed by atoms with Gasteiger partial charge in [-0.3, -0.25) is 9.59 Å². The molecule has 0 saturated carbocycles. The SMILES string of the molecule is COCCNC(=O)c1cn(C[C@@H]2CCCN2C(=O)c2ccc(F)cn2)nn1. The molecule has 0 spiro atoms. The number of carbonyl (C=O) groups is 2. The zero-order valence-electron chi connectivity index (χ0n) is 15.0. The van der Waals surface area contributed by atoms with Crippen LogP contribution in [0.25, 0.3) is 0 Å². The predicted molar refractivity (Wildman–Crippen MR) is 92.5 cm³/mol. The first kappa shape index (κ1) is 18.9. The summed E-state index contributed by atoms with van der Waals surface area (Å²) in [5, 5.41) is 10.5. The molecule has 1 saturated heterocycles. The van der Waals surface area contributed by atoms with Gasteiger partial charge in [0.05, 0.1) is 31.6 Å². The maximum atomic E-state index is 13.0. The predicted octanol–water partition coefficient (Wildman–Crippen LogP) is 0.493. The van der Waals surface area contributed by atoms with Gasteiger partial charge in [0.1, 0.15) is 11.5 Å². The van der Waals surface area contributed by atoms with Gasteiger partial charge in [0.2, 0.25) is 0 Å². The third-order valence-corrected chi connectivity index (χ3v) is 4.35. The average Bonchev–Trinajstić information content (AvgIpc) is 3.32. The summed E-state index contributed by atoms with van der Waals surface area (Å²) in [6.45, 7) is 1.82. The lowest BCUT2D eigenvalue weighted by atomic mass is 10.2. The minimum Gasteiger partial charge on any atom is -0.383 e. The molecule has 144 valence electrons. The molecule has 0 aliphatic carbocycles. The Morgan fingerprint density at radius 1 is 1.37 bits per heavy atom. The fourth-order valence-electron chi connectivity index (χ4n) is 3.01. The van der Waals surface area contributed by atoms with Crippen molar-refractivity contribution >= 4 is 11.8 Å². The van der Waals surface area contributed by atoms with Crippen molar-refractivity contribution in [1.82, 2.24) is 30.2 Å². The van der Waals surface area contributed by atoms with E-state index in [9.17, 15) is 14.0 Å². The quantitative estimate of drug-likeness (QED) is 0.706. The number of aromatic nitrogens is 4. The van der Waals surface area contributed by atoms with E-state index in [1.165, 1.54) is 12.1 Å². The standard InChI is InChI=1S/C17H21FN6O3/c1-27-8-6-19-16(25)15-11-23(22-21-15)10-13-3-2-7-24(13)17(26)14-5-4-12(18)9-20-14/h4-5,9,11,13H,2-3,6-8,10H2,1H3,(H,19,25)/t13-/m0/s1. The topological polar surface area (TPSA) is 102 Å². The molecule has 2 aromatic heterocycles. The highest BCUT2D eigenvalue weighted by Gasteiger charge is 2.30. The number of methoxy groups -OCH3 is 1. The van der Waals surface area contributed by atoms with Crippen molar-refractivity contribution < 1.29 is 18.7 Å². The fourth-order valence-corrected chi connectivity index (χ4v) is 3.01. The molecule has 1 aliphatic rings. The van der Waals surface area contributed by atoms with Crippen LogP contribution >= 0.6 is 0 Å². The van der Waals surface area contributed by atoms with Crippen molar-refractivity contribution in [3.05, 3.63) is 41.7 Å². The summed E-state index contributed by atoms with van der Waals surface area (Å²) in [5.41, 5.74) is 0.419. The lowest BCUT2D eigenvalue weighted by Crippen LogP contribution is -2.38. The van der Waals surface area contributed by atoms with E-state index in [-0.39, 0.29) is 29.2 Å². The zero-order valence-corrected chi connectivity index (χ0v) is 15.0. The number of nitrogens with one attached hydrogen (secondary N) is 1. The number of hydrogen-bond acceptors (Lipinski definition) is 6. The third kappa shape index (κ3) is 4.64. The number of ether oxygens (including phenoxy) is 1. The van der Waals surface area contributed by atoms with Crippen molar-refractivity contribution in [3.63, 3.8) is 0 Å². The molecule has 2 amide bonds. The van der Waals surface area contributed by atoms with E-state index < -0.39 is 5.82 Å². The van der Waals surface area contributed by atoms with Gasteiger partial charge in [-0.15, -0.1) is 5.10 Å².